The zero-order valence-electron chi connectivity index (χ0n) is 20.2. The average molecular weight is 521 g/mol. The molecule has 1 fully saturated rings. The lowest BCUT2D eigenvalue weighted by atomic mass is 9.82. The molecule has 196 valence electrons. The number of amides is 2. The molecule has 1 spiro atoms. The van der Waals surface area contributed by atoms with Crippen LogP contribution in [0.15, 0.2) is 36.5 Å². The molecule has 1 aromatic carbocycles. The number of pyridine rings is 1. The lowest BCUT2D eigenvalue weighted by Gasteiger charge is -2.30. The van der Waals surface area contributed by atoms with Crippen LogP contribution in [-0.2, 0) is 23.7 Å². The van der Waals surface area contributed by atoms with E-state index >= 15 is 0 Å². The average Bonchev–Trinajstić information content (AvgIpc) is 3.49. The lowest BCUT2D eigenvalue weighted by Crippen LogP contribution is -2.48. The third-order valence-corrected chi connectivity index (χ3v) is 7.29. The predicted octanol–water partition coefficient (Wildman–Crippen LogP) is 4.82. The SMILES string of the molecule is CC(C)(NC(=O)N1CCC2(CCn3nc(-c4cnc(N)c(C(F)(F)F)c4)cc32)C1)c1cc(F)cc(F)c1. The van der Waals surface area contributed by atoms with E-state index in [1.54, 1.807) is 29.5 Å². The van der Waals surface area contributed by atoms with Crippen LogP contribution in [0.2, 0.25) is 0 Å². The fraction of sp³-hybridized carbons (Fsp3) is 0.400. The van der Waals surface area contributed by atoms with Crippen molar-refractivity contribution in [2.75, 3.05) is 18.8 Å². The number of urea groups is 1. The molecule has 0 aliphatic carbocycles. The van der Waals surface area contributed by atoms with E-state index in [2.05, 4.69) is 15.4 Å². The third-order valence-electron chi connectivity index (χ3n) is 7.29. The van der Waals surface area contributed by atoms with Crippen LogP contribution >= 0.6 is 0 Å². The second kappa shape index (κ2) is 8.42. The molecular formula is C25H25F5N6O. The largest absolute Gasteiger partial charge is 0.419 e. The highest BCUT2D eigenvalue weighted by atomic mass is 19.4. The number of carbonyl (C=O) groups is 1. The summed E-state index contributed by atoms with van der Waals surface area (Å²) >= 11 is 0. The summed E-state index contributed by atoms with van der Waals surface area (Å²) in [6.07, 6.45) is -2.00. The van der Waals surface area contributed by atoms with Crippen LogP contribution in [0, 0.1) is 11.6 Å². The molecule has 2 aliphatic heterocycles. The first-order valence-corrected chi connectivity index (χ1v) is 11.7. The summed E-state index contributed by atoms with van der Waals surface area (Å²) in [5.74, 6) is -2.06. The molecule has 1 unspecified atom stereocenters. The Morgan fingerprint density at radius 3 is 2.41 bits per heavy atom. The summed E-state index contributed by atoms with van der Waals surface area (Å²) in [7, 11) is 0. The standard InChI is InChI=1S/C25H25F5N6O/c1-23(2,15-8-16(26)10-17(27)9-15)33-22(37)35-5-3-24(13-35)4-6-36-20(24)11-19(34-36)14-7-18(25(28,29)30)21(31)32-12-14/h7-12H,3-6,13H2,1-2H3,(H2,31,32)(H,33,37). The molecule has 0 radical (unpaired) electrons. The van der Waals surface area contributed by atoms with E-state index in [4.69, 9.17) is 5.73 Å². The fourth-order valence-corrected chi connectivity index (χ4v) is 5.24. The van der Waals surface area contributed by atoms with Gasteiger partial charge in [-0.25, -0.2) is 18.6 Å². The van der Waals surface area contributed by atoms with Crippen molar-refractivity contribution in [1.82, 2.24) is 25.0 Å². The number of aryl methyl sites for hydroxylation is 1. The number of rotatable bonds is 3. The first kappa shape index (κ1) is 25.0. The number of alkyl halides is 3. The third kappa shape index (κ3) is 4.49. The second-order valence-electron chi connectivity index (χ2n) is 10.2. The molecule has 12 heteroatoms. The Hall–Kier alpha value is -3.70. The Morgan fingerprint density at radius 1 is 1.05 bits per heavy atom. The van der Waals surface area contributed by atoms with E-state index < -0.39 is 40.1 Å². The van der Waals surface area contributed by atoms with Gasteiger partial charge in [-0.05, 0) is 56.5 Å². The van der Waals surface area contributed by atoms with Gasteiger partial charge >= 0.3 is 12.2 Å². The van der Waals surface area contributed by atoms with Crippen molar-refractivity contribution in [1.29, 1.82) is 0 Å². The van der Waals surface area contributed by atoms with E-state index in [1.165, 1.54) is 18.3 Å². The Labute approximate surface area is 209 Å². The normalized spacial score (nSPS) is 19.5. The first-order chi connectivity index (χ1) is 17.3. The molecule has 2 aliphatic rings. The molecule has 1 saturated heterocycles. The van der Waals surface area contributed by atoms with Gasteiger partial charge in [0.1, 0.15) is 17.5 Å². The number of benzene rings is 1. The molecule has 0 saturated carbocycles. The van der Waals surface area contributed by atoms with Crippen LogP contribution in [0.3, 0.4) is 0 Å². The molecule has 2 amide bonds. The number of nitrogens with zero attached hydrogens (tertiary/aromatic N) is 4. The van der Waals surface area contributed by atoms with E-state index in [9.17, 15) is 26.7 Å². The summed E-state index contributed by atoms with van der Waals surface area (Å²) in [5, 5.41) is 7.36. The maximum absolute atomic E-state index is 13.7. The smallest absolute Gasteiger partial charge is 0.383 e. The van der Waals surface area contributed by atoms with Crippen molar-refractivity contribution in [3.63, 3.8) is 0 Å². The van der Waals surface area contributed by atoms with Gasteiger partial charge in [0, 0.05) is 48.6 Å². The van der Waals surface area contributed by atoms with E-state index in [0.29, 0.717) is 37.3 Å². The van der Waals surface area contributed by atoms with Gasteiger partial charge in [-0.2, -0.15) is 18.3 Å². The zero-order valence-corrected chi connectivity index (χ0v) is 20.2. The number of nitrogens with two attached hydrogens (primary N) is 1. The van der Waals surface area contributed by atoms with Crippen LogP contribution < -0.4 is 11.1 Å². The maximum Gasteiger partial charge on any atom is 0.419 e. The highest BCUT2D eigenvalue weighted by molar-refractivity contribution is 5.76. The molecule has 4 heterocycles. The Morgan fingerprint density at radius 2 is 1.73 bits per heavy atom. The van der Waals surface area contributed by atoms with Crippen molar-refractivity contribution in [3.05, 3.63) is 65.0 Å². The van der Waals surface area contributed by atoms with Crippen molar-refractivity contribution in [3.8, 4) is 11.3 Å². The zero-order chi connectivity index (χ0) is 26.8. The minimum absolute atomic E-state index is 0.204. The Bertz CT molecular complexity index is 1360. The fourth-order valence-electron chi connectivity index (χ4n) is 5.24. The van der Waals surface area contributed by atoms with Gasteiger partial charge < -0.3 is 16.0 Å². The highest BCUT2D eigenvalue weighted by Gasteiger charge is 2.47. The van der Waals surface area contributed by atoms with Crippen molar-refractivity contribution >= 4 is 11.8 Å². The van der Waals surface area contributed by atoms with Crippen LogP contribution in [0.5, 0.6) is 0 Å². The minimum atomic E-state index is -4.64. The molecular weight excluding hydrogens is 495 g/mol. The summed E-state index contributed by atoms with van der Waals surface area (Å²) in [6.45, 7) is 4.72. The molecule has 37 heavy (non-hydrogen) atoms. The van der Waals surface area contributed by atoms with Gasteiger partial charge in [0.15, 0.2) is 0 Å². The van der Waals surface area contributed by atoms with Gasteiger partial charge in [-0.3, -0.25) is 4.68 Å². The molecule has 7 nitrogen and oxygen atoms in total. The number of aromatic nitrogens is 3. The van der Waals surface area contributed by atoms with Crippen molar-refractivity contribution < 1.29 is 26.7 Å². The van der Waals surface area contributed by atoms with E-state index in [1.807, 2.05) is 0 Å². The summed E-state index contributed by atoms with van der Waals surface area (Å²) < 4.78 is 69.1. The van der Waals surface area contributed by atoms with Gasteiger partial charge in [-0.15, -0.1) is 0 Å². The maximum atomic E-state index is 13.7. The van der Waals surface area contributed by atoms with Crippen molar-refractivity contribution in [2.45, 2.75) is 50.4 Å². The van der Waals surface area contributed by atoms with Crippen molar-refractivity contribution in [2.24, 2.45) is 0 Å². The monoisotopic (exact) mass is 520 g/mol. The molecule has 1 atom stereocenters. The van der Waals surface area contributed by atoms with E-state index in [-0.39, 0.29) is 11.6 Å². The van der Waals surface area contributed by atoms with Crippen LogP contribution in [-0.4, -0.2) is 38.8 Å². The highest BCUT2D eigenvalue weighted by Crippen LogP contribution is 2.44. The number of hydrogen-bond acceptors (Lipinski definition) is 4. The number of halogens is 5. The van der Waals surface area contributed by atoms with Crippen LogP contribution in [0.25, 0.3) is 11.3 Å². The van der Waals surface area contributed by atoms with Crippen LogP contribution in [0.4, 0.5) is 32.6 Å². The topological polar surface area (TPSA) is 89.1 Å². The number of fused-ring (bicyclic) bond motifs is 2. The number of nitrogen functional groups attached to an aromatic ring is 1. The summed E-state index contributed by atoms with van der Waals surface area (Å²) in [4.78, 5) is 18.5. The summed E-state index contributed by atoms with van der Waals surface area (Å²) in [5.41, 5.74) is 4.67. The number of hydrogen-bond donors (Lipinski definition) is 2. The first-order valence-electron chi connectivity index (χ1n) is 11.7. The molecule has 3 aromatic rings. The van der Waals surface area contributed by atoms with Gasteiger partial charge in [-0.1, -0.05) is 0 Å². The second-order valence-corrected chi connectivity index (χ2v) is 10.2. The quantitative estimate of drug-likeness (QED) is 0.485. The predicted molar refractivity (Wildman–Crippen MR) is 125 cm³/mol. The Balaban J connectivity index is 1.35. The van der Waals surface area contributed by atoms with E-state index in [0.717, 1.165) is 24.2 Å². The molecule has 0 bridgehead atoms. The van der Waals surface area contributed by atoms with Gasteiger partial charge in [0.05, 0.1) is 16.8 Å². The van der Waals surface area contributed by atoms with Crippen LogP contribution in [0.1, 0.15) is 43.5 Å². The molecule has 5 rings (SSSR count). The minimum Gasteiger partial charge on any atom is -0.383 e. The molecule has 2 aromatic heterocycles. The number of anilines is 1. The summed E-state index contributed by atoms with van der Waals surface area (Å²) in [6, 6.07) is 5.46. The molecule has 3 N–H and O–H groups in total. The number of carbonyl (C=O) groups excluding carboxylic acids is 1. The lowest BCUT2D eigenvalue weighted by molar-refractivity contribution is -0.137. The Kier molecular flexibility index (Phi) is 5.68. The number of nitrogens with one attached hydrogen (secondary N) is 1. The van der Waals surface area contributed by atoms with Gasteiger partial charge in [0.2, 0.25) is 0 Å². The number of likely N-dealkylation sites (tertiary alicyclic amines) is 1. The van der Waals surface area contributed by atoms with Gasteiger partial charge in [0.25, 0.3) is 0 Å².